The summed E-state index contributed by atoms with van der Waals surface area (Å²) in [5, 5.41) is 4.43. The van der Waals surface area contributed by atoms with Gasteiger partial charge in [0.1, 0.15) is 0 Å². The Bertz CT molecular complexity index is 408. The van der Waals surface area contributed by atoms with Crippen LogP contribution in [0.2, 0.25) is 5.02 Å². The number of rotatable bonds is 4. The second-order valence-corrected chi connectivity index (χ2v) is 6.89. The summed E-state index contributed by atoms with van der Waals surface area (Å²) in [6.07, 6.45) is 9.43. The summed E-state index contributed by atoms with van der Waals surface area (Å²) >= 11 is 9.57. The molecular weight excluding hydrogens is 322 g/mol. The molecule has 0 spiro atoms. The molecule has 0 aromatic heterocycles. The second-order valence-electron chi connectivity index (χ2n) is 5.63. The van der Waals surface area contributed by atoms with E-state index in [-0.39, 0.29) is 0 Å². The molecule has 0 heterocycles. The first kappa shape index (κ1) is 15.2. The van der Waals surface area contributed by atoms with Crippen LogP contribution in [0.5, 0.6) is 0 Å². The summed E-state index contributed by atoms with van der Waals surface area (Å²) in [4.78, 5) is 0. The first-order chi connectivity index (χ1) is 9.19. The van der Waals surface area contributed by atoms with E-state index in [0.717, 1.165) is 21.1 Å². The average Bonchev–Trinajstić information content (AvgIpc) is 2.60. The molecule has 19 heavy (non-hydrogen) atoms. The van der Waals surface area contributed by atoms with Crippen molar-refractivity contribution >= 4 is 33.2 Å². The second kappa shape index (κ2) is 7.54. The molecule has 0 bridgehead atoms. The van der Waals surface area contributed by atoms with Crippen molar-refractivity contribution in [3.05, 3.63) is 27.7 Å². The van der Waals surface area contributed by atoms with E-state index in [1.54, 1.807) is 0 Å². The number of nitrogens with one attached hydrogen (secondary N) is 1. The van der Waals surface area contributed by atoms with Crippen LogP contribution in [0.4, 0.5) is 5.69 Å². The Kier molecular flexibility index (Phi) is 6.03. The van der Waals surface area contributed by atoms with Gasteiger partial charge in [-0.3, -0.25) is 0 Å². The number of hydrogen-bond acceptors (Lipinski definition) is 1. The first-order valence-electron chi connectivity index (χ1n) is 7.40. The van der Waals surface area contributed by atoms with Crippen LogP contribution in [0.15, 0.2) is 22.7 Å². The molecule has 1 nitrogen and oxygen atoms in total. The van der Waals surface area contributed by atoms with Gasteiger partial charge in [0.2, 0.25) is 0 Å². The van der Waals surface area contributed by atoms with Gasteiger partial charge in [-0.2, -0.15) is 0 Å². The Morgan fingerprint density at radius 1 is 1.26 bits per heavy atom. The Hall–Kier alpha value is -0.210. The zero-order valence-electron chi connectivity index (χ0n) is 11.6. The number of anilines is 1. The van der Waals surface area contributed by atoms with Gasteiger partial charge in [0.05, 0.1) is 5.02 Å². The van der Waals surface area contributed by atoms with Crippen molar-refractivity contribution in [3.8, 4) is 0 Å². The molecule has 2 unspecified atom stereocenters. The maximum absolute atomic E-state index is 6.14. The Labute approximate surface area is 130 Å². The largest absolute Gasteiger partial charge is 0.382 e. The summed E-state index contributed by atoms with van der Waals surface area (Å²) in [7, 11) is 0. The third kappa shape index (κ3) is 4.68. The minimum Gasteiger partial charge on any atom is -0.382 e. The predicted octanol–water partition coefficient (Wildman–Crippen LogP) is 6.26. The lowest BCUT2D eigenvalue weighted by molar-refractivity contribution is 0.422. The van der Waals surface area contributed by atoms with Crippen molar-refractivity contribution in [1.82, 2.24) is 0 Å². The molecule has 0 saturated heterocycles. The van der Waals surface area contributed by atoms with E-state index >= 15 is 0 Å². The van der Waals surface area contributed by atoms with Crippen LogP contribution in [0.1, 0.15) is 51.9 Å². The highest BCUT2D eigenvalue weighted by molar-refractivity contribution is 9.10. The minimum atomic E-state index is 0.610. The lowest BCUT2D eigenvalue weighted by atomic mass is 9.95. The van der Waals surface area contributed by atoms with Crippen LogP contribution in [-0.2, 0) is 0 Å². The summed E-state index contributed by atoms with van der Waals surface area (Å²) in [6.45, 7) is 2.30. The SMILES string of the molecule is CCCC1CCCC(Nc2ccc(Br)c(Cl)c2)CC1. The highest BCUT2D eigenvalue weighted by atomic mass is 79.9. The fraction of sp³-hybridized carbons (Fsp3) is 0.625. The van der Waals surface area contributed by atoms with Crippen molar-refractivity contribution in [2.24, 2.45) is 5.92 Å². The number of benzene rings is 1. The van der Waals surface area contributed by atoms with Crippen molar-refractivity contribution in [2.75, 3.05) is 5.32 Å². The lowest BCUT2D eigenvalue weighted by Gasteiger charge is -2.18. The van der Waals surface area contributed by atoms with Crippen molar-refractivity contribution < 1.29 is 0 Å². The van der Waals surface area contributed by atoms with E-state index in [2.05, 4.69) is 34.2 Å². The molecule has 0 amide bonds. The van der Waals surface area contributed by atoms with E-state index in [4.69, 9.17) is 11.6 Å². The fourth-order valence-electron chi connectivity index (χ4n) is 3.04. The molecule has 1 saturated carbocycles. The monoisotopic (exact) mass is 343 g/mol. The van der Waals surface area contributed by atoms with Gasteiger partial charge in [0, 0.05) is 16.2 Å². The highest BCUT2D eigenvalue weighted by Crippen LogP contribution is 2.30. The highest BCUT2D eigenvalue weighted by Gasteiger charge is 2.18. The van der Waals surface area contributed by atoms with E-state index in [1.165, 1.54) is 44.9 Å². The summed E-state index contributed by atoms with van der Waals surface area (Å²) in [6, 6.07) is 6.74. The quantitative estimate of drug-likeness (QED) is 0.635. The normalized spacial score (nSPS) is 23.9. The van der Waals surface area contributed by atoms with Gasteiger partial charge in [-0.15, -0.1) is 0 Å². The van der Waals surface area contributed by atoms with Gasteiger partial charge in [-0.1, -0.05) is 44.2 Å². The van der Waals surface area contributed by atoms with Crippen LogP contribution in [0.25, 0.3) is 0 Å². The van der Waals surface area contributed by atoms with Gasteiger partial charge in [0.15, 0.2) is 0 Å². The molecule has 1 N–H and O–H groups in total. The zero-order chi connectivity index (χ0) is 13.7. The lowest BCUT2D eigenvalue weighted by Crippen LogP contribution is -2.18. The number of halogens is 2. The Balaban J connectivity index is 1.90. The standard InChI is InChI=1S/C16H23BrClN/c1-2-4-12-5-3-6-13(8-7-12)19-14-9-10-15(17)16(18)11-14/h9-13,19H,2-8H2,1H3. The molecule has 1 aliphatic rings. The smallest absolute Gasteiger partial charge is 0.0568 e. The van der Waals surface area contributed by atoms with Crippen molar-refractivity contribution in [2.45, 2.75) is 57.9 Å². The van der Waals surface area contributed by atoms with E-state index in [1.807, 2.05) is 12.1 Å². The van der Waals surface area contributed by atoms with Gasteiger partial charge >= 0.3 is 0 Å². The Morgan fingerprint density at radius 2 is 2.11 bits per heavy atom. The van der Waals surface area contributed by atoms with E-state index in [9.17, 15) is 0 Å². The molecule has 1 fully saturated rings. The first-order valence-corrected chi connectivity index (χ1v) is 8.57. The molecule has 1 aliphatic carbocycles. The molecule has 1 aromatic rings. The molecule has 2 atom stereocenters. The van der Waals surface area contributed by atoms with Crippen LogP contribution in [0.3, 0.4) is 0 Å². The summed E-state index contributed by atoms with van der Waals surface area (Å²) in [5.41, 5.74) is 1.15. The third-order valence-corrected chi connectivity index (χ3v) is 5.31. The summed E-state index contributed by atoms with van der Waals surface area (Å²) < 4.78 is 0.962. The van der Waals surface area contributed by atoms with Gasteiger partial charge in [0.25, 0.3) is 0 Å². The molecule has 106 valence electrons. The third-order valence-electron chi connectivity index (χ3n) is 4.08. The van der Waals surface area contributed by atoms with Crippen molar-refractivity contribution in [1.29, 1.82) is 0 Å². The van der Waals surface area contributed by atoms with Gasteiger partial charge < -0.3 is 5.32 Å². The van der Waals surface area contributed by atoms with Crippen molar-refractivity contribution in [3.63, 3.8) is 0 Å². The minimum absolute atomic E-state index is 0.610. The zero-order valence-corrected chi connectivity index (χ0v) is 13.9. The van der Waals surface area contributed by atoms with Crippen LogP contribution in [0, 0.1) is 5.92 Å². The summed E-state index contributed by atoms with van der Waals surface area (Å²) in [5.74, 6) is 0.949. The number of hydrogen-bond donors (Lipinski definition) is 1. The van der Waals surface area contributed by atoms with Crippen LogP contribution >= 0.6 is 27.5 Å². The fourth-order valence-corrected chi connectivity index (χ4v) is 3.47. The molecule has 1 aromatic carbocycles. The molecular formula is C16H23BrClN. The molecule has 0 radical (unpaired) electrons. The Morgan fingerprint density at radius 3 is 2.84 bits per heavy atom. The molecule has 2 rings (SSSR count). The maximum Gasteiger partial charge on any atom is 0.0568 e. The van der Waals surface area contributed by atoms with Crippen LogP contribution in [-0.4, -0.2) is 6.04 Å². The van der Waals surface area contributed by atoms with E-state index in [0.29, 0.717) is 6.04 Å². The molecule has 3 heteroatoms. The van der Waals surface area contributed by atoms with Gasteiger partial charge in [-0.25, -0.2) is 0 Å². The van der Waals surface area contributed by atoms with Crippen LogP contribution < -0.4 is 5.32 Å². The predicted molar refractivity (Wildman–Crippen MR) is 88.0 cm³/mol. The average molecular weight is 345 g/mol. The molecule has 0 aliphatic heterocycles. The van der Waals surface area contributed by atoms with E-state index < -0.39 is 0 Å². The van der Waals surface area contributed by atoms with Gasteiger partial charge in [-0.05, 0) is 59.3 Å². The maximum atomic E-state index is 6.14. The topological polar surface area (TPSA) is 12.0 Å².